The first-order chi connectivity index (χ1) is 7.89. The fraction of sp³-hybridized carbons (Fsp3) is 0.700. The van der Waals surface area contributed by atoms with Gasteiger partial charge in [-0.1, -0.05) is 19.3 Å². The quantitative estimate of drug-likeness (QED) is 0.487. The zero-order valence-corrected chi connectivity index (χ0v) is 14.7. The van der Waals surface area contributed by atoms with Crippen molar-refractivity contribution in [3.05, 3.63) is 11.8 Å². The van der Waals surface area contributed by atoms with Crippen molar-refractivity contribution in [2.24, 2.45) is 10.1 Å². The fourth-order valence-corrected chi connectivity index (χ4v) is 2.34. The van der Waals surface area contributed by atoms with Gasteiger partial charge in [0.2, 0.25) is 0 Å². The van der Waals surface area contributed by atoms with Crippen LogP contribution in [0.15, 0.2) is 16.2 Å². The van der Waals surface area contributed by atoms with E-state index in [0.29, 0.717) is 6.04 Å². The second-order valence-corrected chi connectivity index (χ2v) is 5.30. The predicted octanol–water partition coefficient (Wildman–Crippen LogP) is -2.79. The van der Waals surface area contributed by atoms with E-state index in [1.807, 2.05) is 0 Å². The van der Waals surface area contributed by atoms with E-state index < -0.39 is 16.2 Å². The van der Waals surface area contributed by atoms with Gasteiger partial charge in [0.1, 0.15) is 5.76 Å². The first-order valence-corrected chi connectivity index (χ1v) is 6.91. The summed E-state index contributed by atoms with van der Waals surface area (Å²) in [6.07, 6.45) is 7.66. The Labute approximate surface area is 150 Å². The second-order valence-electron chi connectivity index (χ2n) is 4.09. The Morgan fingerprint density at radius 3 is 2.28 bits per heavy atom. The molecular formula is C10H17KN2O4S. The van der Waals surface area contributed by atoms with Crippen LogP contribution >= 0.6 is 0 Å². The average Bonchev–Trinajstić information content (AvgIpc) is 2.15. The fourth-order valence-electron chi connectivity index (χ4n) is 1.65. The average molecular weight is 300 g/mol. The van der Waals surface area contributed by atoms with Crippen LogP contribution in [0.1, 0.15) is 39.0 Å². The van der Waals surface area contributed by atoms with Crippen molar-refractivity contribution in [1.82, 2.24) is 0 Å². The summed E-state index contributed by atoms with van der Waals surface area (Å²) in [6.45, 7) is 1.37. The third-order valence-electron chi connectivity index (χ3n) is 2.42. The largest absolute Gasteiger partial charge is 1.00 e. The summed E-state index contributed by atoms with van der Waals surface area (Å²) in [5.41, 5.74) is 5.63. The number of hydrogen-bond acceptors (Lipinski definition) is 5. The second kappa shape index (κ2) is 8.67. The summed E-state index contributed by atoms with van der Waals surface area (Å²) < 4.78 is 27.7. The van der Waals surface area contributed by atoms with Gasteiger partial charge in [0.05, 0.1) is 0 Å². The standard InChI is InChI=1S/C6H13N.C4H5NO4S.K/c7-6-4-2-1-3-5-6;1-3-2-4(6)5-10(7,8)9-3;/h6H,1-5,7H2;2H,1H3,(H,5,6);/q;;+1/p-1. The summed E-state index contributed by atoms with van der Waals surface area (Å²) in [6, 6.07) is 0.536. The molecule has 1 heterocycles. The topological polar surface area (TPSA) is 105 Å². The van der Waals surface area contributed by atoms with Crippen LogP contribution < -0.4 is 62.2 Å². The molecule has 98 valence electrons. The Hall–Kier alpha value is 0.556. The molecule has 0 aromatic rings. The Kier molecular flexibility index (Phi) is 8.94. The van der Waals surface area contributed by atoms with Crippen LogP contribution in [0, 0.1) is 0 Å². The van der Waals surface area contributed by atoms with Crippen molar-refractivity contribution in [2.75, 3.05) is 0 Å². The zero-order chi connectivity index (χ0) is 12.9. The van der Waals surface area contributed by atoms with Gasteiger partial charge in [-0.2, -0.15) is 8.42 Å². The van der Waals surface area contributed by atoms with Crippen LogP contribution in [-0.4, -0.2) is 20.4 Å². The molecule has 18 heavy (non-hydrogen) atoms. The molecule has 1 saturated carbocycles. The Morgan fingerprint density at radius 2 is 1.94 bits per heavy atom. The van der Waals surface area contributed by atoms with Gasteiger partial charge in [0, 0.05) is 11.9 Å². The minimum atomic E-state index is -3.97. The molecule has 2 N–H and O–H groups in total. The molecule has 0 radical (unpaired) electrons. The van der Waals surface area contributed by atoms with Crippen molar-refractivity contribution in [2.45, 2.75) is 45.1 Å². The number of nitrogens with two attached hydrogens (primary N) is 1. The molecule has 0 aromatic heterocycles. The van der Waals surface area contributed by atoms with Crippen LogP contribution in [0.3, 0.4) is 0 Å². The van der Waals surface area contributed by atoms with Gasteiger partial charge in [-0.3, -0.25) is 0 Å². The van der Waals surface area contributed by atoms with E-state index in [9.17, 15) is 13.5 Å². The molecule has 0 unspecified atom stereocenters. The predicted molar refractivity (Wildman–Crippen MR) is 62.3 cm³/mol. The summed E-state index contributed by atoms with van der Waals surface area (Å²) in [7, 11) is -3.97. The first kappa shape index (κ1) is 18.6. The van der Waals surface area contributed by atoms with E-state index in [4.69, 9.17) is 5.73 Å². The molecule has 0 amide bonds. The molecule has 8 heteroatoms. The molecule has 1 aliphatic heterocycles. The maximum atomic E-state index is 10.4. The molecule has 0 saturated heterocycles. The van der Waals surface area contributed by atoms with Gasteiger partial charge < -0.3 is 15.0 Å². The van der Waals surface area contributed by atoms with E-state index in [1.54, 1.807) is 0 Å². The Balaban J connectivity index is 0.000000321. The molecule has 6 nitrogen and oxygen atoms in total. The molecule has 0 atom stereocenters. The smallest absolute Gasteiger partial charge is 0.858 e. The molecule has 0 aromatic carbocycles. The molecule has 0 spiro atoms. The summed E-state index contributed by atoms with van der Waals surface area (Å²) in [4.78, 5) is 0. The number of nitrogens with zero attached hydrogens (tertiary/aromatic N) is 1. The van der Waals surface area contributed by atoms with Crippen LogP contribution in [0.4, 0.5) is 0 Å². The van der Waals surface area contributed by atoms with Crippen LogP contribution in [0.25, 0.3) is 0 Å². The molecule has 2 aliphatic rings. The minimum Gasteiger partial charge on any atom is -0.858 e. The van der Waals surface area contributed by atoms with Gasteiger partial charge in [0.15, 0.2) is 0 Å². The maximum absolute atomic E-state index is 10.4. The van der Waals surface area contributed by atoms with E-state index in [2.05, 4.69) is 8.58 Å². The van der Waals surface area contributed by atoms with E-state index in [0.717, 1.165) is 6.08 Å². The van der Waals surface area contributed by atoms with E-state index >= 15 is 0 Å². The van der Waals surface area contributed by atoms with E-state index in [1.165, 1.54) is 39.0 Å². The van der Waals surface area contributed by atoms with Crippen molar-refractivity contribution in [3.63, 3.8) is 0 Å². The third kappa shape index (κ3) is 7.87. The van der Waals surface area contributed by atoms with E-state index in [-0.39, 0.29) is 57.1 Å². The normalized spacial score (nSPS) is 22.3. The van der Waals surface area contributed by atoms with Crippen molar-refractivity contribution >= 4 is 16.2 Å². The van der Waals surface area contributed by atoms with Crippen molar-refractivity contribution in [3.8, 4) is 0 Å². The van der Waals surface area contributed by atoms with Gasteiger partial charge in [0.25, 0.3) is 0 Å². The Morgan fingerprint density at radius 1 is 1.39 bits per heavy atom. The molecule has 0 bridgehead atoms. The number of rotatable bonds is 0. The van der Waals surface area contributed by atoms with Crippen LogP contribution in [-0.2, 0) is 14.5 Å². The SMILES string of the molecule is CC1=CC([O-])=NS(=O)(=O)O1.NC1CCCCC1.[K+]. The number of hydrogen-bond donors (Lipinski definition) is 1. The van der Waals surface area contributed by atoms with Crippen LogP contribution in [0.5, 0.6) is 0 Å². The van der Waals surface area contributed by atoms with Crippen LogP contribution in [0.2, 0.25) is 0 Å². The molecule has 1 fully saturated rings. The van der Waals surface area contributed by atoms with Gasteiger partial charge in [-0.15, -0.1) is 4.40 Å². The summed E-state index contributed by atoms with van der Waals surface area (Å²) in [5, 5.41) is 10.4. The molecular weight excluding hydrogens is 283 g/mol. The summed E-state index contributed by atoms with van der Waals surface area (Å²) in [5.74, 6) is -0.760. The molecule has 1 aliphatic carbocycles. The number of allylic oxidation sites excluding steroid dienone is 1. The van der Waals surface area contributed by atoms with Gasteiger partial charge >= 0.3 is 61.7 Å². The summed E-state index contributed by atoms with van der Waals surface area (Å²) >= 11 is 0. The Bertz CT molecular complexity index is 414. The minimum absolute atomic E-state index is 0. The van der Waals surface area contributed by atoms with Gasteiger partial charge in [-0.25, -0.2) is 0 Å². The molecule has 2 rings (SSSR count). The monoisotopic (exact) mass is 300 g/mol. The van der Waals surface area contributed by atoms with Crippen molar-refractivity contribution < 1.29 is 69.1 Å². The first-order valence-electron chi connectivity index (χ1n) is 5.54. The third-order valence-corrected chi connectivity index (χ3v) is 3.29. The van der Waals surface area contributed by atoms with Crippen molar-refractivity contribution in [1.29, 1.82) is 0 Å². The maximum Gasteiger partial charge on any atom is 1.00 e. The van der Waals surface area contributed by atoms with Gasteiger partial charge in [-0.05, 0) is 25.8 Å². The zero-order valence-electron chi connectivity index (χ0n) is 10.8.